The third kappa shape index (κ3) is 5.95. The van der Waals surface area contributed by atoms with Crippen molar-refractivity contribution in [2.24, 2.45) is 5.10 Å². The fourth-order valence-electron chi connectivity index (χ4n) is 3.17. The first kappa shape index (κ1) is 25.3. The molecule has 1 amide bonds. The molecule has 0 heterocycles. The van der Waals surface area contributed by atoms with Crippen LogP contribution in [0.5, 0.6) is 11.5 Å². The van der Waals surface area contributed by atoms with Gasteiger partial charge in [0.1, 0.15) is 6.54 Å². The maximum Gasteiger partial charge on any atom is 0.264 e. The molecule has 0 bridgehead atoms. The molecule has 0 atom stereocenters. The summed E-state index contributed by atoms with van der Waals surface area (Å²) >= 11 is 3.40. The van der Waals surface area contributed by atoms with Crippen LogP contribution in [0.2, 0.25) is 0 Å². The van der Waals surface area contributed by atoms with Crippen LogP contribution in [0, 0.1) is 6.92 Å². The van der Waals surface area contributed by atoms with Gasteiger partial charge in [-0.3, -0.25) is 9.10 Å². The number of carbonyl (C=O) groups is 1. The standard InChI is InChI=1S/C24H24BrN3O5S/c1-17-8-7-9-19(12-17)28(34(30,31)20-10-5-4-6-11-20)16-23(29)27-26-15-18-13-21(25)24(33-3)22(14-18)32-2/h4-15H,16H2,1-3H3,(H,27,29)/b26-15-. The van der Waals surface area contributed by atoms with Gasteiger partial charge in [-0.15, -0.1) is 0 Å². The number of aryl methyl sites for hydroxylation is 1. The molecule has 0 aromatic heterocycles. The van der Waals surface area contributed by atoms with Crippen LogP contribution in [0.25, 0.3) is 0 Å². The topological polar surface area (TPSA) is 97.3 Å². The average Bonchev–Trinajstić information content (AvgIpc) is 2.82. The zero-order chi connectivity index (χ0) is 24.7. The highest BCUT2D eigenvalue weighted by molar-refractivity contribution is 9.10. The van der Waals surface area contributed by atoms with Gasteiger partial charge in [0.05, 0.1) is 35.5 Å². The smallest absolute Gasteiger partial charge is 0.264 e. The maximum atomic E-state index is 13.3. The van der Waals surface area contributed by atoms with E-state index in [0.29, 0.717) is 27.2 Å². The number of hydrogen-bond donors (Lipinski definition) is 1. The van der Waals surface area contributed by atoms with Crippen molar-refractivity contribution in [2.45, 2.75) is 11.8 Å². The van der Waals surface area contributed by atoms with Gasteiger partial charge in [-0.2, -0.15) is 5.10 Å². The molecule has 10 heteroatoms. The van der Waals surface area contributed by atoms with E-state index in [-0.39, 0.29) is 4.90 Å². The Balaban J connectivity index is 1.82. The lowest BCUT2D eigenvalue weighted by Crippen LogP contribution is -2.39. The summed E-state index contributed by atoms with van der Waals surface area (Å²) in [5, 5.41) is 3.97. The number of benzene rings is 3. The first-order valence-electron chi connectivity index (χ1n) is 10.1. The zero-order valence-corrected chi connectivity index (χ0v) is 21.3. The van der Waals surface area contributed by atoms with Crippen LogP contribution >= 0.6 is 15.9 Å². The number of carbonyl (C=O) groups excluding carboxylic acids is 1. The van der Waals surface area contributed by atoms with Gasteiger partial charge in [0.15, 0.2) is 11.5 Å². The number of ether oxygens (including phenoxy) is 2. The van der Waals surface area contributed by atoms with Gasteiger partial charge in [0.25, 0.3) is 15.9 Å². The minimum Gasteiger partial charge on any atom is -0.493 e. The molecule has 0 aliphatic rings. The number of anilines is 1. The van der Waals surface area contributed by atoms with Crippen molar-refractivity contribution in [1.29, 1.82) is 0 Å². The van der Waals surface area contributed by atoms with E-state index in [9.17, 15) is 13.2 Å². The number of hydrazone groups is 1. The van der Waals surface area contributed by atoms with Crippen LogP contribution in [-0.2, 0) is 14.8 Å². The second kappa shape index (κ2) is 11.2. The minimum absolute atomic E-state index is 0.0861. The molecule has 0 unspecified atom stereocenters. The molecule has 178 valence electrons. The van der Waals surface area contributed by atoms with E-state index < -0.39 is 22.5 Å². The highest BCUT2D eigenvalue weighted by Crippen LogP contribution is 2.35. The van der Waals surface area contributed by atoms with Crippen LogP contribution in [0.15, 0.2) is 81.2 Å². The van der Waals surface area contributed by atoms with Gasteiger partial charge in [0.2, 0.25) is 0 Å². The van der Waals surface area contributed by atoms with Gasteiger partial charge in [-0.05, 0) is 70.4 Å². The third-order valence-corrected chi connectivity index (χ3v) is 7.14. The van der Waals surface area contributed by atoms with Crippen LogP contribution < -0.4 is 19.2 Å². The highest BCUT2D eigenvalue weighted by atomic mass is 79.9. The number of hydrogen-bond acceptors (Lipinski definition) is 6. The lowest BCUT2D eigenvalue weighted by molar-refractivity contribution is -0.119. The number of halogens is 1. The van der Waals surface area contributed by atoms with Crippen LogP contribution in [-0.4, -0.2) is 41.3 Å². The van der Waals surface area contributed by atoms with Crippen molar-refractivity contribution in [3.63, 3.8) is 0 Å². The first-order chi connectivity index (χ1) is 16.3. The highest BCUT2D eigenvalue weighted by Gasteiger charge is 2.27. The average molecular weight is 546 g/mol. The second-order valence-electron chi connectivity index (χ2n) is 7.20. The largest absolute Gasteiger partial charge is 0.493 e. The Bertz CT molecular complexity index is 1300. The minimum atomic E-state index is -3.98. The summed E-state index contributed by atoms with van der Waals surface area (Å²) in [6.07, 6.45) is 1.42. The molecule has 1 N–H and O–H groups in total. The van der Waals surface area contributed by atoms with E-state index in [0.717, 1.165) is 9.87 Å². The van der Waals surface area contributed by atoms with Crippen molar-refractivity contribution in [3.8, 4) is 11.5 Å². The number of nitrogens with one attached hydrogen (secondary N) is 1. The molecular weight excluding hydrogens is 522 g/mol. The Hall–Kier alpha value is -3.37. The van der Waals surface area contributed by atoms with Crippen molar-refractivity contribution in [1.82, 2.24) is 5.43 Å². The summed E-state index contributed by atoms with van der Waals surface area (Å²) in [6, 6.07) is 18.3. The number of rotatable bonds is 9. The fraction of sp³-hybridized carbons (Fsp3) is 0.167. The molecule has 3 rings (SSSR count). The molecule has 0 spiro atoms. The maximum absolute atomic E-state index is 13.3. The molecule has 3 aromatic carbocycles. The summed E-state index contributed by atoms with van der Waals surface area (Å²) in [5.41, 5.74) is 4.27. The van der Waals surface area contributed by atoms with E-state index in [1.165, 1.54) is 32.6 Å². The van der Waals surface area contributed by atoms with Crippen LogP contribution in [0.3, 0.4) is 0 Å². The molecular formula is C24H24BrN3O5S. The van der Waals surface area contributed by atoms with E-state index in [4.69, 9.17) is 9.47 Å². The quantitative estimate of drug-likeness (QED) is 0.322. The summed E-state index contributed by atoms with van der Waals surface area (Å²) in [7, 11) is -0.940. The van der Waals surface area contributed by atoms with Gasteiger partial charge in [0, 0.05) is 0 Å². The summed E-state index contributed by atoms with van der Waals surface area (Å²) in [5.74, 6) is 0.421. The fourth-order valence-corrected chi connectivity index (χ4v) is 5.23. The second-order valence-corrected chi connectivity index (χ2v) is 9.91. The molecule has 0 aliphatic carbocycles. The van der Waals surface area contributed by atoms with Gasteiger partial charge in [-0.1, -0.05) is 30.3 Å². The van der Waals surface area contributed by atoms with Crippen molar-refractivity contribution < 1.29 is 22.7 Å². The Morgan fingerprint density at radius 3 is 2.44 bits per heavy atom. The monoisotopic (exact) mass is 545 g/mol. The molecule has 3 aromatic rings. The van der Waals surface area contributed by atoms with Gasteiger partial charge in [-0.25, -0.2) is 13.8 Å². The normalized spacial score (nSPS) is 11.3. The Morgan fingerprint density at radius 1 is 1.06 bits per heavy atom. The Morgan fingerprint density at radius 2 is 1.79 bits per heavy atom. The molecule has 0 saturated carbocycles. The molecule has 34 heavy (non-hydrogen) atoms. The van der Waals surface area contributed by atoms with E-state index in [2.05, 4.69) is 26.5 Å². The number of nitrogens with zero attached hydrogens (tertiary/aromatic N) is 2. The summed E-state index contributed by atoms with van der Waals surface area (Å²) < 4.78 is 38.9. The van der Waals surface area contributed by atoms with E-state index in [1.807, 2.05) is 13.0 Å². The SMILES string of the molecule is COc1cc(/C=N\NC(=O)CN(c2cccc(C)c2)S(=O)(=O)c2ccccc2)cc(Br)c1OC. The molecule has 0 fully saturated rings. The molecule has 8 nitrogen and oxygen atoms in total. The number of amides is 1. The molecule has 0 saturated heterocycles. The van der Waals surface area contributed by atoms with Crippen molar-refractivity contribution in [3.05, 3.63) is 82.3 Å². The lowest BCUT2D eigenvalue weighted by atomic mass is 10.2. The third-order valence-electron chi connectivity index (χ3n) is 4.77. The van der Waals surface area contributed by atoms with E-state index in [1.54, 1.807) is 48.5 Å². The van der Waals surface area contributed by atoms with Crippen molar-refractivity contribution >= 4 is 43.8 Å². The summed E-state index contributed by atoms with van der Waals surface area (Å²) in [4.78, 5) is 12.8. The lowest BCUT2D eigenvalue weighted by Gasteiger charge is -2.24. The van der Waals surface area contributed by atoms with Crippen LogP contribution in [0.4, 0.5) is 5.69 Å². The molecule has 0 aliphatic heterocycles. The van der Waals surface area contributed by atoms with Crippen molar-refractivity contribution in [2.75, 3.05) is 25.1 Å². The number of methoxy groups -OCH3 is 2. The van der Waals surface area contributed by atoms with Gasteiger partial charge >= 0.3 is 0 Å². The Kier molecular flexibility index (Phi) is 8.30. The predicted octanol–water partition coefficient (Wildman–Crippen LogP) is 4.12. The van der Waals surface area contributed by atoms with Crippen LogP contribution in [0.1, 0.15) is 11.1 Å². The predicted molar refractivity (Wildman–Crippen MR) is 135 cm³/mol. The Labute approximate surface area is 207 Å². The van der Waals surface area contributed by atoms with E-state index >= 15 is 0 Å². The first-order valence-corrected chi connectivity index (χ1v) is 12.4. The van der Waals surface area contributed by atoms with Gasteiger partial charge < -0.3 is 9.47 Å². The number of sulfonamides is 1. The molecule has 0 radical (unpaired) electrons. The summed E-state index contributed by atoms with van der Waals surface area (Å²) in [6.45, 7) is 1.40. The zero-order valence-electron chi connectivity index (χ0n) is 18.9.